The largest absolute Gasteiger partial charge is 0.366 e. The fraction of sp³-hybridized carbons (Fsp3) is 0.600. The van der Waals surface area contributed by atoms with Gasteiger partial charge in [0.1, 0.15) is 0 Å². The number of fused-ring (bicyclic) bond motifs is 2. The van der Waals surface area contributed by atoms with E-state index in [0.717, 1.165) is 36.8 Å². The first-order chi connectivity index (χ1) is 11.6. The van der Waals surface area contributed by atoms with Gasteiger partial charge in [0.25, 0.3) is 0 Å². The highest BCUT2D eigenvalue weighted by atomic mass is 16.1. The third-order valence-electron chi connectivity index (χ3n) is 5.03. The molecule has 132 valence electrons. The molecule has 0 spiro atoms. The number of benzene rings is 1. The molecule has 1 aromatic carbocycles. The molecule has 0 fully saturated rings. The third-order valence-corrected chi connectivity index (χ3v) is 5.03. The molecule has 0 saturated heterocycles. The van der Waals surface area contributed by atoms with Crippen molar-refractivity contribution in [3.63, 3.8) is 0 Å². The summed E-state index contributed by atoms with van der Waals surface area (Å²) in [4.78, 5) is 23.9. The Morgan fingerprint density at radius 3 is 1.67 bits per heavy atom. The lowest BCUT2D eigenvalue weighted by Gasteiger charge is -2.16. The Bertz CT molecular complexity index is 581. The van der Waals surface area contributed by atoms with Gasteiger partial charge in [-0.1, -0.05) is 57.4 Å². The number of hydrogen-bond acceptors (Lipinski definition) is 2. The number of amides is 2. The van der Waals surface area contributed by atoms with Crippen molar-refractivity contribution in [3.8, 4) is 0 Å². The summed E-state index contributed by atoms with van der Waals surface area (Å²) in [5.74, 6) is -0.913. The molecule has 4 nitrogen and oxygen atoms in total. The topological polar surface area (TPSA) is 86.2 Å². The lowest BCUT2D eigenvalue weighted by Crippen LogP contribution is -2.22. The molecule has 2 bridgehead atoms. The minimum Gasteiger partial charge on any atom is -0.366 e. The number of carbonyl (C=O) groups is 2. The monoisotopic (exact) mass is 330 g/mol. The molecule has 0 radical (unpaired) electrons. The van der Waals surface area contributed by atoms with Gasteiger partial charge in [0.2, 0.25) is 11.8 Å². The van der Waals surface area contributed by atoms with E-state index in [0.29, 0.717) is 17.5 Å². The maximum absolute atomic E-state index is 12.1. The smallest absolute Gasteiger partial charge is 0.249 e. The van der Waals surface area contributed by atoms with Crippen LogP contribution in [0, 0.1) is 0 Å². The minimum absolute atomic E-state index is 0.438. The van der Waals surface area contributed by atoms with Crippen LogP contribution >= 0.6 is 0 Å². The molecule has 2 amide bonds. The van der Waals surface area contributed by atoms with Crippen LogP contribution < -0.4 is 11.5 Å². The molecule has 1 aliphatic rings. The summed E-state index contributed by atoms with van der Waals surface area (Å²) in [6.45, 7) is 0. The average Bonchev–Trinajstić information content (AvgIpc) is 2.54. The molecule has 24 heavy (non-hydrogen) atoms. The maximum Gasteiger partial charge on any atom is 0.249 e. The van der Waals surface area contributed by atoms with Gasteiger partial charge in [0.15, 0.2) is 0 Å². The Morgan fingerprint density at radius 2 is 1.17 bits per heavy atom. The number of primary amides is 2. The lowest BCUT2D eigenvalue weighted by molar-refractivity contribution is 0.0998. The molecule has 0 saturated carbocycles. The van der Waals surface area contributed by atoms with E-state index in [4.69, 9.17) is 11.5 Å². The highest BCUT2D eigenvalue weighted by molar-refractivity contribution is 6.02. The highest BCUT2D eigenvalue weighted by Gasteiger charge is 2.19. The van der Waals surface area contributed by atoms with Gasteiger partial charge in [0, 0.05) is 11.1 Å². The summed E-state index contributed by atoms with van der Waals surface area (Å²) < 4.78 is 0. The van der Waals surface area contributed by atoms with Crippen LogP contribution in [0.15, 0.2) is 12.1 Å². The van der Waals surface area contributed by atoms with Crippen molar-refractivity contribution in [2.75, 3.05) is 0 Å². The van der Waals surface area contributed by atoms with Gasteiger partial charge in [-0.3, -0.25) is 9.59 Å². The molecule has 1 aliphatic carbocycles. The second-order valence-corrected chi connectivity index (χ2v) is 6.89. The third kappa shape index (κ3) is 5.08. The summed E-state index contributed by atoms with van der Waals surface area (Å²) in [5, 5.41) is 0. The fourth-order valence-corrected chi connectivity index (χ4v) is 3.73. The Labute approximate surface area is 145 Å². The van der Waals surface area contributed by atoms with Gasteiger partial charge in [-0.2, -0.15) is 0 Å². The van der Waals surface area contributed by atoms with E-state index in [-0.39, 0.29) is 0 Å². The van der Waals surface area contributed by atoms with Gasteiger partial charge in [-0.25, -0.2) is 0 Å². The first-order valence-electron chi connectivity index (χ1n) is 9.35. The average molecular weight is 330 g/mol. The van der Waals surface area contributed by atoms with Gasteiger partial charge in [-0.15, -0.1) is 0 Å². The standard InChI is InChI=1S/C20H30N2O2/c21-19(23)17-14-13-15-11-9-7-5-3-1-2-4-6-8-10-12-16(17)18(15)20(22)24/h13-14H,1-12H2,(H2,21,23)(H2,22,24). The molecular weight excluding hydrogens is 300 g/mol. The van der Waals surface area contributed by atoms with Crippen molar-refractivity contribution in [3.05, 3.63) is 34.4 Å². The number of nitrogens with two attached hydrogens (primary N) is 2. The minimum atomic E-state index is -0.475. The second-order valence-electron chi connectivity index (χ2n) is 6.89. The van der Waals surface area contributed by atoms with E-state index < -0.39 is 11.8 Å². The van der Waals surface area contributed by atoms with E-state index in [1.165, 1.54) is 44.9 Å². The maximum atomic E-state index is 12.1. The molecule has 0 aromatic heterocycles. The summed E-state index contributed by atoms with van der Waals surface area (Å²) in [5.41, 5.74) is 13.9. The molecule has 0 unspecified atom stereocenters. The summed E-state index contributed by atoms with van der Waals surface area (Å²) in [6.07, 6.45) is 13.5. The quantitative estimate of drug-likeness (QED) is 0.862. The molecule has 0 atom stereocenters. The Balaban J connectivity index is 2.31. The second kappa shape index (κ2) is 9.45. The number of aryl methyl sites for hydroxylation is 1. The van der Waals surface area contributed by atoms with Crippen molar-refractivity contribution >= 4 is 11.8 Å². The zero-order valence-electron chi connectivity index (χ0n) is 14.6. The fourth-order valence-electron chi connectivity index (χ4n) is 3.73. The number of hydrogen-bond donors (Lipinski definition) is 2. The van der Waals surface area contributed by atoms with Crippen molar-refractivity contribution in [1.29, 1.82) is 0 Å². The molecule has 4 N–H and O–H groups in total. The zero-order chi connectivity index (χ0) is 17.4. The first kappa shape index (κ1) is 18.5. The zero-order valence-corrected chi connectivity index (χ0v) is 14.6. The molecule has 0 aliphatic heterocycles. The van der Waals surface area contributed by atoms with E-state index in [1.807, 2.05) is 6.07 Å². The van der Waals surface area contributed by atoms with Gasteiger partial charge in [-0.05, 0) is 42.9 Å². The van der Waals surface area contributed by atoms with Crippen molar-refractivity contribution < 1.29 is 9.59 Å². The van der Waals surface area contributed by atoms with E-state index in [9.17, 15) is 9.59 Å². The molecule has 4 heteroatoms. The van der Waals surface area contributed by atoms with Crippen LogP contribution in [0.3, 0.4) is 0 Å². The molecule has 1 aromatic rings. The predicted octanol–water partition coefficient (Wildman–Crippen LogP) is 3.88. The van der Waals surface area contributed by atoms with Crippen molar-refractivity contribution in [2.45, 2.75) is 77.0 Å². The van der Waals surface area contributed by atoms with Crippen LogP contribution in [-0.2, 0) is 12.8 Å². The number of carbonyl (C=O) groups excluding carboxylic acids is 2. The number of rotatable bonds is 2. The Morgan fingerprint density at radius 1 is 0.667 bits per heavy atom. The first-order valence-corrected chi connectivity index (χ1v) is 9.35. The Hall–Kier alpha value is -1.84. The molecular formula is C20H30N2O2. The predicted molar refractivity (Wildman–Crippen MR) is 97.1 cm³/mol. The van der Waals surface area contributed by atoms with Crippen LogP contribution in [0.4, 0.5) is 0 Å². The van der Waals surface area contributed by atoms with E-state index >= 15 is 0 Å². The van der Waals surface area contributed by atoms with Crippen LogP contribution in [0.2, 0.25) is 0 Å². The lowest BCUT2D eigenvalue weighted by atomic mass is 9.89. The van der Waals surface area contributed by atoms with Crippen molar-refractivity contribution in [1.82, 2.24) is 0 Å². The van der Waals surface area contributed by atoms with Crippen LogP contribution in [0.25, 0.3) is 0 Å². The highest BCUT2D eigenvalue weighted by Crippen LogP contribution is 2.24. The van der Waals surface area contributed by atoms with Gasteiger partial charge in [0.05, 0.1) is 0 Å². The van der Waals surface area contributed by atoms with E-state index in [2.05, 4.69) is 0 Å². The van der Waals surface area contributed by atoms with Crippen LogP contribution in [0.1, 0.15) is 96.1 Å². The van der Waals surface area contributed by atoms with Crippen LogP contribution in [0.5, 0.6) is 0 Å². The summed E-state index contributed by atoms with van der Waals surface area (Å²) in [6, 6.07) is 3.64. The van der Waals surface area contributed by atoms with Gasteiger partial charge >= 0.3 is 0 Å². The normalized spacial score (nSPS) is 17.5. The van der Waals surface area contributed by atoms with Crippen molar-refractivity contribution in [2.24, 2.45) is 11.5 Å². The SMILES string of the molecule is NC(=O)c1ccc2c(C(N)=O)c1CCCCCCCCCCCC2. The molecule has 2 rings (SSSR count). The van der Waals surface area contributed by atoms with Gasteiger partial charge < -0.3 is 11.5 Å². The Kier molecular flexibility index (Phi) is 7.29. The summed E-state index contributed by atoms with van der Waals surface area (Å²) >= 11 is 0. The molecule has 0 heterocycles. The summed E-state index contributed by atoms with van der Waals surface area (Å²) in [7, 11) is 0. The van der Waals surface area contributed by atoms with Crippen LogP contribution in [-0.4, -0.2) is 11.8 Å². The van der Waals surface area contributed by atoms with E-state index in [1.54, 1.807) is 6.07 Å².